The van der Waals surface area contributed by atoms with Crippen LogP contribution in [-0.4, -0.2) is 51.2 Å². The summed E-state index contributed by atoms with van der Waals surface area (Å²) in [6.45, 7) is 1.34. The van der Waals surface area contributed by atoms with E-state index in [1.807, 2.05) is 0 Å². The highest BCUT2D eigenvalue weighted by Gasteiger charge is 2.39. The number of hydrogen-bond donors (Lipinski definition) is 0. The minimum Gasteiger partial charge on any atom is -0.342 e. The number of rotatable bonds is 5. The Hall–Kier alpha value is -3.50. The molecule has 1 aromatic carbocycles. The minimum atomic E-state index is -4.37. The van der Waals surface area contributed by atoms with Gasteiger partial charge in [-0.1, -0.05) is 6.92 Å². The number of carbonyl (C=O) groups excluding carboxylic acids is 1. The lowest BCUT2D eigenvalue weighted by molar-refractivity contribution is -0.133. The van der Waals surface area contributed by atoms with E-state index < -0.39 is 31.0 Å². The zero-order chi connectivity index (χ0) is 23.0. The Bertz CT molecular complexity index is 1130. The number of carbonyl (C=O) groups is 1. The predicted octanol–water partition coefficient (Wildman–Crippen LogP) is 3.98. The number of imidazole rings is 1. The zero-order valence-electron chi connectivity index (χ0n) is 17.3. The molecule has 0 saturated heterocycles. The van der Waals surface area contributed by atoms with Crippen molar-refractivity contribution >= 4 is 17.4 Å². The van der Waals surface area contributed by atoms with Crippen LogP contribution < -0.4 is 9.80 Å². The van der Waals surface area contributed by atoms with Crippen LogP contribution in [0.15, 0.2) is 42.9 Å². The molecule has 4 rings (SSSR count). The largest absolute Gasteiger partial charge is 0.390 e. The van der Waals surface area contributed by atoms with Gasteiger partial charge in [0, 0.05) is 31.5 Å². The van der Waals surface area contributed by atoms with Crippen LogP contribution in [0.2, 0.25) is 0 Å². The molecule has 3 aromatic rings. The Morgan fingerprint density at radius 1 is 1.12 bits per heavy atom. The minimum absolute atomic E-state index is 0.176. The molecule has 0 saturated carbocycles. The van der Waals surface area contributed by atoms with Crippen molar-refractivity contribution in [3.05, 3.63) is 48.7 Å². The Labute approximate surface area is 181 Å². The number of anilines is 2. The topological polar surface area (TPSA) is 67.2 Å². The second-order valence-corrected chi connectivity index (χ2v) is 7.39. The van der Waals surface area contributed by atoms with Crippen molar-refractivity contribution < 1.29 is 22.4 Å². The van der Waals surface area contributed by atoms with Crippen molar-refractivity contribution in [1.82, 2.24) is 19.5 Å². The molecule has 3 heterocycles. The summed E-state index contributed by atoms with van der Waals surface area (Å²) >= 11 is 0. The predicted molar refractivity (Wildman–Crippen MR) is 110 cm³/mol. The van der Waals surface area contributed by atoms with Gasteiger partial charge in [-0.05, 0) is 30.7 Å². The molecule has 7 nitrogen and oxygen atoms in total. The number of hydrogen-bond acceptors (Lipinski definition) is 5. The van der Waals surface area contributed by atoms with Gasteiger partial charge < -0.3 is 9.80 Å². The molecule has 1 aliphatic heterocycles. The van der Waals surface area contributed by atoms with Gasteiger partial charge in [-0.2, -0.15) is 18.2 Å². The van der Waals surface area contributed by atoms with E-state index in [1.165, 1.54) is 34.3 Å². The quantitative estimate of drug-likeness (QED) is 0.553. The third-order valence-electron chi connectivity index (χ3n) is 5.34. The molecule has 0 unspecified atom stereocenters. The van der Waals surface area contributed by atoms with Gasteiger partial charge in [-0.3, -0.25) is 9.36 Å². The number of halogens is 4. The van der Waals surface area contributed by atoms with Gasteiger partial charge in [-0.25, -0.2) is 14.4 Å². The van der Waals surface area contributed by atoms with Crippen molar-refractivity contribution in [3.63, 3.8) is 0 Å². The Morgan fingerprint density at radius 2 is 1.84 bits per heavy atom. The summed E-state index contributed by atoms with van der Waals surface area (Å²) in [5, 5.41) is 0. The summed E-state index contributed by atoms with van der Waals surface area (Å²) in [5.74, 6) is 0.157. The van der Waals surface area contributed by atoms with Crippen molar-refractivity contribution in [2.24, 2.45) is 0 Å². The van der Waals surface area contributed by atoms with E-state index in [0.717, 1.165) is 0 Å². The fourth-order valence-electron chi connectivity index (χ4n) is 3.73. The van der Waals surface area contributed by atoms with Crippen molar-refractivity contribution in [2.45, 2.75) is 32.0 Å². The first-order chi connectivity index (χ1) is 15.2. The average Bonchev–Trinajstić information content (AvgIpc) is 3.24. The first kappa shape index (κ1) is 21.7. The second kappa shape index (κ2) is 8.21. The van der Waals surface area contributed by atoms with E-state index in [9.17, 15) is 22.4 Å². The summed E-state index contributed by atoms with van der Waals surface area (Å²) in [5.41, 5.74) is 0.944. The maximum atomic E-state index is 13.3. The number of likely N-dealkylation sites (N-methyl/N-ethyl adjacent to an activating group) is 1. The Morgan fingerprint density at radius 3 is 2.50 bits per heavy atom. The number of nitrogens with zero attached hydrogens (tertiary/aromatic N) is 6. The van der Waals surface area contributed by atoms with Gasteiger partial charge in [0.2, 0.25) is 11.9 Å². The van der Waals surface area contributed by atoms with Gasteiger partial charge in [0.15, 0.2) is 5.82 Å². The van der Waals surface area contributed by atoms with Crippen LogP contribution in [0.3, 0.4) is 0 Å². The van der Waals surface area contributed by atoms with E-state index >= 15 is 0 Å². The van der Waals surface area contributed by atoms with Crippen LogP contribution >= 0.6 is 0 Å². The summed E-state index contributed by atoms with van der Waals surface area (Å²) in [4.78, 5) is 28.6. The van der Waals surface area contributed by atoms with Crippen LogP contribution in [0.4, 0.5) is 29.1 Å². The molecule has 0 fully saturated rings. The molecule has 0 spiro atoms. The van der Waals surface area contributed by atoms with Crippen LogP contribution in [0, 0.1) is 5.82 Å². The molecule has 168 valence electrons. The summed E-state index contributed by atoms with van der Waals surface area (Å²) in [6, 6.07) is 4.95. The van der Waals surface area contributed by atoms with Crippen LogP contribution in [-0.2, 0) is 4.79 Å². The van der Waals surface area contributed by atoms with Gasteiger partial charge in [0.25, 0.3) is 0 Å². The molecule has 2 aromatic heterocycles. The third-order valence-corrected chi connectivity index (χ3v) is 5.34. The molecule has 11 heteroatoms. The van der Waals surface area contributed by atoms with Gasteiger partial charge >= 0.3 is 6.18 Å². The second-order valence-electron chi connectivity index (χ2n) is 7.39. The summed E-state index contributed by atoms with van der Waals surface area (Å²) in [7, 11) is 1.55. The Balaban J connectivity index is 1.79. The molecule has 1 amide bonds. The standard InChI is InChI=1S/C21H20F4N6O/c1-3-15-19(32)29(2)16-12-27-20(28-18(16)30(15)10-8-21(23,24)25)31-11-9-26-17(31)13-4-6-14(22)7-5-13/h4-7,9,11-12,15H,3,8,10H2,1-2H3/t15-/m1/s1. The summed E-state index contributed by atoms with van der Waals surface area (Å²) in [6.07, 6.45) is -0.586. The van der Waals surface area contributed by atoms with E-state index in [2.05, 4.69) is 15.0 Å². The molecule has 0 N–H and O–H groups in total. The maximum absolute atomic E-state index is 13.3. The normalized spacial score (nSPS) is 16.4. The summed E-state index contributed by atoms with van der Waals surface area (Å²) < 4.78 is 53.8. The first-order valence-electron chi connectivity index (χ1n) is 9.97. The number of fused-ring (bicyclic) bond motifs is 1. The van der Waals surface area contributed by atoms with E-state index in [0.29, 0.717) is 23.5 Å². The zero-order valence-corrected chi connectivity index (χ0v) is 17.3. The lowest BCUT2D eigenvalue weighted by Crippen LogP contribution is -2.53. The first-order valence-corrected chi connectivity index (χ1v) is 9.97. The lowest BCUT2D eigenvalue weighted by Gasteiger charge is -2.40. The SMILES string of the molecule is CC[C@@H]1C(=O)N(C)c2cnc(-n3ccnc3-c3ccc(F)cc3)nc2N1CCC(F)(F)F. The molecule has 32 heavy (non-hydrogen) atoms. The molecule has 1 aliphatic rings. The monoisotopic (exact) mass is 448 g/mol. The van der Waals surface area contributed by atoms with Crippen molar-refractivity contribution in [3.8, 4) is 17.3 Å². The van der Waals surface area contributed by atoms with Crippen LogP contribution in [0.25, 0.3) is 17.3 Å². The fourth-order valence-corrected chi connectivity index (χ4v) is 3.73. The average molecular weight is 448 g/mol. The van der Waals surface area contributed by atoms with E-state index in [1.54, 1.807) is 36.9 Å². The highest BCUT2D eigenvalue weighted by molar-refractivity contribution is 6.04. The molecular formula is C21H20F4N6O. The maximum Gasteiger partial charge on any atom is 0.390 e. The van der Waals surface area contributed by atoms with Crippen molar-refractivity contribution in [1.29, 1.82) is 0 Å². The Kier molecular flexibility index (Phi) is 5.57. The molecule has 1 atom stereocenters. The highest BCUT2D eigenvalue weighted by atomic mass is 19.4. The highest BCUT2D eigenvalue weighted by Crippen LogP contribution is 2.36. The van der Waals surface area contributed by atoms with Crippen molar-refractivity contribution in [2.75, 3.05) is 23.4 Å². The molecule has 0 aliphatic carbocycles. The lowest BCUT2D eigenvalue weighted by atomic mass is 10.1. The van der Waals surface area contributed by atoms with Gasteiger partial charge in [0.05, 0.1) is 12.6 Å². The number of amides is 1. The fraction of sp³-hybridized carbons (Fsp3) is 0.333. The van der Waals surface area contributed by atoms with E-state index in [-0.39, 0.29) is 17.7 Å². The number of aromatic nitrogens is 4. The van der Waals surface area contributed by atoms with Crippen LogP contribution in [0.5, 0.6) is 0 Å². The number of benzene rings is 1. The molecular weight excluding hydrogens is 428 g/mol. The smallest absolute Gasteiger partial charge is 0.342 e. The molecule has 0 bridgehead atoms. The number of alkyl halides is 3. The third kappa shape index (κ3) is 4.02. The van der Waals surface area contributed by atoms with Gasteiger partial charge in [0.1, 0.15) is 23.4 Å². The van der Waals surface area contributed by atoms with E-state index in [4.69, 9.17) is 0 Å². The molecule has 0 radical (unpaired) electrons. The van der Waals surface area contributed by atoms with Crippen LogP contribution in [0.1, 0.15) is 19.8 Å². The van der Waals surface area contributed by atoms with Gasteiger partial charge in [-0.15, -0.1) is 0 Å².